The number of benzene rings is 1. The summed E-state index contributed by atoms with van der Waals surface area (Å²) in [6.45, 7) is 2.14. The monoisotopic (exact) mass is 472 g/mol. The Morgan fingerprint density at radius 3 is 2.75 bits per heavy atom. The Bertz CT molecular complexity index is 996. The average molecular weight is 473 g/mol. The summed E-state index contributed by atoms with van der Waals surface area (Å²) >= 11 is 5.93. The second kappa shape index (κ2) is 9.47. The number of carbonyl (C=O) groups excluding carboxylic acids is 1. The maximum Gasteiger partial charge on any atom is 0.417 e. The Hall–Kier alpha value is -2.63. The predicted molar refractivity (Wildman–Crippen MR) is 114 cm³/mol. The van der Waals surface area contributed by atoms with Gasteiger partial charge in [-0.1, -0.05) is 17.7 Å². The molecule has 0 spiro atoms. The van der Waals surface area contributed by atoms with Crippen LogP contribution in [0, 0.1) is 5.41 Å². The van der Waals surface area contributed by atoms with E-state index in [1.807, 2.05) is 0 Å². The number of aliphatic hydroxyl groups is 1. The fourth-order valence-electron chi connectivity index (χ4n) is 3.81. The summed E-state index contributed by atoms with van der Waals surface area (Å²) in [6, 6.07) is 3.89. The molecule has 1 saturated heterocycles. The Morgan fingerprint density at radius 2 is 2.12 bits per heavy atom. The van der Waals surface area contributed by atoms with Gasteiger partial charge in [0.15, 0.2) is 5.82 Å². The predicted octanol–water partition coefficient (Wildman–Crippen LogP) is 2.81. The molecule has 1 fully saturated rings. The maximum absolute atomic E-state index is 13.2. The zero-order chi connectivity index (χ0) is 23.6. The molecule has 2 atom stereocenters. The number of hydrazine groups is 1. The third-order valence-corrected chi connectivity index (χ3v) is 5.88. The first-order valence-corrected chi connectivity index (χ1v) is 10.3. The van der Waals surface area contributed by atoms with Crippen molar-refractivity contribution in [1.82, 2.24) is 20.1 Å². The second-order valence-electron chi connectivity index (χ2n) is 7.35. The molecule has 12 heteroatoms. The molecule has 2 unspecified atom stereocenters. The number of aliphatic hydroxyl groups excluding tert-OH is 1. The largest absolute Gasteiger partial charge is 0.417 e. The Morgan fingerprint density at radius 1 is 1.41 bits per heavy atom. The first-order valence-electron chi connectivity index (χ1n) is 9.96. The molecule has 174 valence electrons. The summed E-state index contributed by atoms with van der Waals surface area (Å²) in [5, 5.41) is 23.1. The highest BCUT2D eigenvalue weighted by atomic mass is 35.5. The number of nitrogens with one attached hydrogen (secondary N) is 2. The van der Waals surface area contributed by atoms with E-state index in [0.29, 0.717) is 18.8 Å². The number of rotatable bonds is 6. The highest BCUT2D eigenvalue weighted by Gasteiger charge is 2.39. The van der Waals surface area contributed by atoms with Crippen LogP contribution in [0.4, 0.5) is 19.0 Å². The van der Waals surface area contributed by atoms with Crippen LogP contribution in [0.5, 0.6) is 0 Å². The van der Waals surface area contributed by atoms with Gasteiger partial charge in [-0.05, 0) is 25.5 Å². The molecule has 3 rings (SSSR count). The summed E-state index contributed by atoms with van der Waals surface area (Å²) < 4.78 is 41.1. The number of likely N-dealkylation sites (tertiary alicyclic amines) is 1. The third-order valence-electron chi connectivity index (χ3n) is 5.47. The van der Waals surface area contributed by atoms with Crippen LogP contribution >= 0.6 is 11.6 Å². The summed E-state index contributed by atoms with van der Waals surface area (Å²) in [6.07, 6.45) is -2.61. The topological polar surface area (TPSA) is 97.5 Å². The lowest BCUT2D eigenvalue weighted by atomic mass is 9.94. The van der Waals surface area contributed by atoms with Crippen LogP contribution in [0.2, 0.25) is 5.02 Å². The van der Waals surface area contributed by atoms with Gasteiger partial charge < -0.3 is 15.4 Å². The van der Waals surface area contributed by atoms with E-state index in [-0.39, 0.29) is 24.4 Å². The Kier molecular flexibility index (Phi) is 7.11. The second-order valence-corrected chi connectivity index (χ2v) is 7.73. The van der Waals surface area contributed by atoms with Crippen LogP contribution in [0.25, 0.3) is 0 Å². The number of amides is 1. The fourth-order valence-corrected chi connectivity index (χ4v) is 4.12. The van der Waals surface area contributed by atoms with Gasteiger partial charge >= 0.3 is 6.18 Å². The van der Waals surface area contributed by atoms with Gasteiger partial charge in [0.1, 0.15) is 0 Å². The lowest BCUT2D eigenvalue weighted by Crippen LogP contribution is -2.60. The smallest absolute Gasteiger partial charge is 0.394 e. The summed E-state index contributed by atoms with van der Waals surface area (Å²) in [5.41, 5.74) is 1.91. The minimum atomic E-state index is -4.68. The number of hydrogen-bond donors (Lipinski definition) is 3. The van der Waals surface area contributed by atoms with E-state index in [1.165, 1.54) is 11.0 Å². The van der Waals surface area contributed by atoms with Crippen molar-refractivity contribution in [2.45, 2.75) is 38.1 Å². The first-order chi connectivity index (χ1) is 15.1. The zero-order valence-electron chi connectivity index (χ0n) is 17.5. The van der Waals surface area contributed by atoms with Gasteiger partial charge in [-0.2, -0.15) is 18.3 Å². The van der Waals surface area contributed by atoms with Gasteiger partial charge in [-0.25, -0.2) is 5.43 Å². The van der Waals surface area contributed by atoms with Crippen molar-refractivity contribution in [2.75, 3.05) is 25.2 Å². The van der Waals surface area contributed by atoms with Crippen molar-refractivity contribution in [3.05, 3.63) is 46.6 Å². The van der Waals surface area contributed by atoms with Crippen LogP contribution in [0.15, 0.2) is 30.5 Å². The van der Waals surface area contributed by atoms with Crippen molar-refractivity contribution in [3.8, 4) is 0 Å². The molecular formula is C20H24ClF3N6O2. The number of halogens is 4. The van der Waals surface area contributed by atoms with Gasteiger partial charge in [0.2, 0.25) is 0 Å². The molecule has 0 radical (unpaired) electrons. The number of aromatic nitrogens is 2. The molecule has 0 aliphatic carbocycles. The van der Waals surface area contributed by atoms with Gasteiger partial charge in [-0.3, -0.25) is 14.5 Å². The van der Waals surface area contributed by atoms with Gasteiger partial charge in [0.05, 0.1) is 47.1 Å². The van der Waals surface area contributed by atoms with Crippen molar-refractivity contribution in [3.63, 3.8) is 0 Å². The molecule has 1 aliphatic heterocycles. The number of nitrogens with zero attached hydrogens (tertiary/aromatic N) is 4. The Balaban J connectivity index is 1.81. The lowest BCUT2D eigenvalue weighted by molar-refractivity contribution is -0.137. The third kappa shape index (κ3) is 4.59. The first kappa shape index (κ1) is 24.0. The van der Waals surface area contributed by atoms with Crippen LogP contribution in [-0.4, -0.2) is 63.7 Å². The Labute approximate surface area is 188 Å². The average Bonchev–Trinajstić information content (AvgIpc) is 3.19. The highest BCUT2D eigenvalue weighted by molar-refractivity contribution is 6.34. The fraction of sp³-hybridized carbons (Fsp3) is 0.450. The number of alkyl halides is 3. The van der Waals surface area contributed by atoms with Crippen LogP contribution in [0.3, 0.4) is 0 Å². The molecule has 2 aromatic rings. The normalized spacial score (nSPS) is 19.3. The van der Waals surface area contributed by atoms with Crippen molar-refractivity contribution >= 4 is 29.0 Å². The minimum Gasteiger partial charge on any atom is -0.394 e. The van der Waals surface area contributed by atoms with Gasteiger partial charge in [-0.15, -0.1) is 0 Å². The van der Waals surface area contributed by atoms with Gasteiger partial charge in [0.25, 0.3) is 5.91 Å². The number of carbonyl (C=O) groups is 1. The van der Waals surface area contributed by atoms with Gasteiger partial charge in [0, 0.05) is 25.9 Å². The molecule has 0 saturated carbocycles. The number of piperidine rings is 1. The molecule has 1 aromatic carbocycles. The lowest BCUT2D eigenvalue weighted by Gasteiger charge is -2.42. The molecule has 0 bridgehead atoms. The van der Waals surface area contributed by atoms with E-state index in [0.717, 1.165) is 12.1 Å². The van der Waals surface area contributed by atoms with Crippen molar-refractivity contribution in [2.24, 2.45) is 0 Å². The highest BCUT2D eigenvalue weighted by Crippen LogP contribution is 2.37. The molecular weight excluding hydrogens is 449 g/mol. The summed E-state index contributed by atoms with van der Waals surface area (Å²) in [7, 11) is 1.68. The van der Waals surface area contributed by atoms with E-state index in [9.17, 15) is 18.0 Å². The molecule has 1 aromatic heterocycles. The zero-order valence-corrected chi connectivity index (χ0v) is 18.3. The molecule has 1 amide bonds. The molecule has 8 nitrogen and oxygen atoms in total. The van der Waals surface area contributed by atoms with Crippen LogP contribution < -0.4 is 10.4 Å². The van der Waals surface area contributed by atoms with Crippen LogP contribution in [0.1, 0.15) is 29.3 Å². The summed E-state index contributed by atoms with van der Waals surface area (Å²) in [4.78, 5) is 14.4. The van der Waals surface area contributed by atoms with Crippen LogP contribution in [-0.2, 0) is 12.7 Å². The quantitative estimate of drug-likeness (QED) is 0.562. The standard InChI is InChI=1S/C20H24ClF3N6O2/c1-12-18(25)15(30(26-2)16-7-8-28(27-16)10-11-31)6-9-29(12)19(32)13-4-3-5-14(17(13)21)20(22,23)24/h3-5,7-8,12,15,25-26,31H,6,9-11H2,1-2H3. The molecule has 2 heterocycles. The SMILES string of the molecule is CNN(c1ccn(CCO)n1)C1CCN(C(=O)c2cccc(C(F)(F)F)c2Cl)C(C)C1=N. The molecule has 1 aliphatic rings. The molecule has 3 N–H and O–H groups in total. The minimum absolute atomic E-state index is 0.0634. The number of hydrogen-bond acceptors (Lipinski definition) is 6. The number of anilines is 1. The van der Waals surface area contributed by atoms with E-state index in [2.05, 4.69) is 10.5 Å². The summed E-state index contributed by atoms with van der Waals surface area (Å²) in [5.74, 6) is -0.108. The molecule has 32 heavy (non-hydrogen) atoms. The van der Waals surface area contributed by atoms with E-state index < -0.39 is 34.8 Å². The van der Waals surface area contributed by atoms with Crippen molar-refractivity contribution < 1.29 is 23.1 Å². The van der Waals surface area contributed by atoms with Crippen molar-refractivity contribution in [1.29, 1.82) is 5.41 Å². The maximum atomic E-state index is 13.2. The van der Waals surface area contributed by atoms with E-state index >= 15 is 0 Å². The van der Waals surface area contributed by atoms with E-state index in [1.54, 1.807) is 35.9 Å². The van der Waals surface area contributed by atoms with E-state index in [4.69, 9.17) is 22.1 Å².